The predicted molar refractivity (Wildman–Crippen MR) is 70.4 cm³/mol. The highest BCUT2D eigenvalue weighted by Gasteiger charge is 2.18. The standard InChI is InChI=1S/C13H19FN2O2/c1-4-6-10(5-2)15-12-7-9(3)11(14)8-13(12)16(17)18/h7-8,10,15H,4-6H2,1-3H3. The first-order valence-corrected chi connectivity index (χ1v) is 6.20. The van der Waals surface area contributed by atoms with Crippen LogP contribution in [0, 0.1) is 22.9 Å². The Labute approximate surface area is 106 Å². The quantitative estimate of drug-likeness (QED) is 0.616. The number of hydrogen-bond donors (Lipinski definition) is 1. The third-order valence-electron chi connectivity index (χ3n) is 2.96. The Bertz CT molecular complexity index is 435. The van der Waals surface area contributed by atoms with Crippen LogP contribution in [0.5, 0.6) is 0 Å². The molecule has 0 fully saturated rings. The minimum absolute atomic E-state index is 0.179. The van der Waals surface area contributed by atoms with Gasteiger partial charge >= 0.3 is 0 Å². The van der Waals surface area contributed by atoms with Crippen molar-refractivity contribution in [1.82, 2.24) is 0 Å². The van der Waals surface area contributed by atoms with E-state index >= 15 is 0 Å². The summed E-state index contributed by atoms with van der Waals surface area (Å²) < 4.78 is 13.4. The van der Waals surface area contributed by atoms with Crippen LogP contribution in [0.3, 0.4) is 0 Å². The lowest BCUT2D eigenvalue weighted by molar-refractivity contribution is -0.384. The summed E-state index contributed by atoms with van der Waals surface area (Å²) in [6.07, 6.45) is 2.81. The number of nitrogens with one attached hydrogen (secondary N) is 1. The fourth-order valence-electron chi connectivity index (χ4n) is 1.88. The third-order valence-corrected chi connectivity index (χ3v) is 2.96. The second-order valence-electron chi connectivity index (χ2n) is 4.41. The summed E-state index contributed by atoms with van der Waals surface area (Å²) in [4.78, 5) is 10.4. The number of nitro groups is 1. The zero-order chi connectivity index (χ0) is 13.7. The molecule has 0 amide bonds. The van der Waals surface area contributed by atoms with E-state index < -0.39 is 10.7 Å². The van der Waals surface area contributed by atoms with E-state index in [1.165, 1.54) is 6.07 Å². The average Bonchev–Trinajstić information content (AvgIpc) is 2.32. The van der Waals surface area contributed by atoms with Gasteiger partial charge in [-0.05, 0) is 31.4 Å². The van der Waals surface area contributed by atoms with Gasteiger partial charge in [-0.2, -0.15) is 0 Å². The van der Waals surface area contributed by atoms with E-state index in [2.05, 4.69) is 12.2 Å². The third kappa shape index (κ3) is 3.42. The van der Waals surface area contributed by atoms with Crippen molar-refractivity contribution in [1.29, 1.82) is 0 Å². The monoisotopic (exact) mass is 254 g/mol. The van der Waals surface area contributed by atoms with Crippen LogP contribution in [0.4, 0.5) is 15.8 Å². The Morgan fingerprint density at radius 1 is 1.44 bits per heavy atom. The number of nitrogens with zero attached hydrogens (tertiary/aromatic N) is 1. The van der Waals surface area contributed by atoms with Crippen molar-refractivity contribution in [3.63, 3.8) is 0 Å². The topological polar surface area (TPSA) is 55.2 Å². The first kappa shape index (κ1) is 14.4. The lowest BCUT2D eigenvalue weighted by Crippen LogP contribution is -2.19. The molecule has 0 bridgehead atoms. The number of nitro benzene ring substituents is 1. The van der Waals surface area contributed by atoms with Crippen LogP contribution in [0.2, 0.25) is 0 Å². The van der Waals surface area contributed by atoms with Gasteiger partial charge in [0.2, 0.25) is 0 Å². The summed E-state index contributed by atoms with van der Waals surface area (Å²) in [5.74, 6) is -0.546. The lowest BCUT2D eigenvalue weighted by atomic mass is 10.1. The van der Waals surface area contributed by atoms with Crippen LogP contribution >= 0.6 is 0 Å². The largest absolute Gasteiger partial charge is 0.377 e. The molecule has 0 saturated carbocycles. The molecule has 1 rings (SSSR count). The Morgan fingerprint density at radius 3 is 2.61 bits per heavy atom. The first-order chi connectivity index (χ1) is 8.49. The van der Waals surface area contributed by atoms with Crippen molar-refractivity contribution in [3.8, 4) is 0 Å². The fraction of sp³-hybridized carbons (Fsp3) is 0.538. The molecule has 1 atom stereocenters. The number of hydrogen-bond acceptors (Lipinski definition) is 3. The maximum Gasteiger partial charge on any atom is 0.295 e. The molecule has 1 N–H and O–H groups in total. The predicted octanol–water partition coefficient (Wildman–Crippen LogP) is 4.03. The maximum absolute atomic E-state index is 13.4. The summed E-state index contributed by atoms with van der Waals surface area (Å²) >= 11 is 0. The highest BCUT2D eigenvalue weighted by atomic mass is 19.1. The normalized spacial score (nSPS) is 12.2. The minimum atomic E-state index is -0.552. The van der Waals surface area contributed by atoms with Crippen LogP contribution in [-0.4, -0.2) is 11.0 Å². The van der Waals surface area contributed by atoms with Crippen molar-refractivity contribution < 1.29 is 9.31 Å². The molecule has 0 spiro atoms. The molecular formula is C13H19FN2O2. The summed E-state index contributed by atoms with van der Waals surface area (Å²) in [6.45, 7) is 5.69. The van der Waals surface area contributed by atoms with E-state index in [0.717, 1.165) is 25.3 Å². The zero-order valence-electron chi connectivity index (χ0n) is 11.0. The van der Waals surface area contributed by atoms with Crippen LogP contribution in [-0.2, 0) is 0 Å². The number of halogens is 1. The van der Waals surface area contributed by atoms with Gasteiger partial charge in [0.25, 0.3) is 5.69 Å². The fourth-order valence-corrected chi connectivity index (χ4v) is 1.88. The van der Waals surface area contributed by atoms with Crippen LogP contribution in [0.15, 0.2) is 12.1 Å². The van der Waals surface area contributed by atoms with Gasteiger partial charge in [-0.3, -0.25) is 10.1 Å². The molecule has 0 aliphatic heterocycles. The maximum atomic E-state index is 13.4. The number of anilines is 1. The van der Waals surface area contributed by atoms with E-state index in [1.54, 1.807) is 6.92 Å². The SMILES string of the molecule is CCCC(CC)Nc1cc(C)c(F)cc1[N+](=O)[O-]. The molecule has 5 heteroatoms. The summed E-state index contributed by atoms with van der Waals surface area (Å²) in [7, 11) is 0. The van der Waals surface area contributed by atoms with Gasteiger partial charge < -0.3 is 5.32 Å². The van der Waals surface area contributed by atoms with Crippen molar-refractivity contribution in [3.05, 3.63) is 33.6 Å². The van der Waals surface area contributed by atoms with E-state index in [0.29, 0.717) is 11.3 Å². The van der Waals surface area contributed by atoms with Gasteiger partial charge in [0, 0.05) is 6.04 Å². The lowest BCUT2D eigenvalue weighted by Gasteiger charge is -2.17. The van der Waals surface area contributed by atoms with Gasteiger partial charge in [-0.1, -0.05) is 20.3 Å². The summed E-state index contributed by atoms with van der Waals surface area (Å²) in [5.41, 5.74) is 0.612. The molecule has 1 aromatic carbocycles. The van der Waals surface area contributed by atoms with Crippen molar-refractivity contribution in [2.24, 2.45) is 0 Å². The second-order valence-corrected chi connectivity index (χ2v) is 4.41. The Hall–Kier alpha value is -1.65. The Kier molecular flexibility index (Phi) is 5.07. The molecule has 0 heterocycles. The molecular weight excluding hydrogens is 235 g/mol. The molecule has 0 saturated heterocycles. The van der Waals surface area contributed by atoms with Crippen molar-refractivity contribution in [2.75, 3.05) is 5.32 Å². The smallest absolute Gasteiger partial charge is 0.295 e. The average molecular weight is 254 g/mol. The van der Waals surface area contributed by atoms with E-state index in [9.17, 15) is 14.5 Å². The molecule has 0 aromatic heterocycles. The molecule has 100 valence electrons. The number of benzene rings is 1. The molecule has 18 heavy (non-hydrogen) atoms. The van der Waals surface area contributed by atoms with Crippen LogP contribution in [0.25, 0.3) is 0 Å². The minimum Gasteiger partial charge on any atom is -0.377 e. The van der Waals surface area contributed by atoms with E-state index in [-0.39, 0.29) is 11.7 Å². The van der Waals surface area contributed by atoms with E-state index in [1.807, 2.05) is 6.92 Å². The number of rotatable bonds is 6. The van der Waals surface area contributed by atoms with Crippen molar-refractivity contribution in [2.45, 2.75) is 46.1 Å². The molecule has 0 aliphatic rings. The van der Waals surface area contributed by atoms with Crippen LogP contribution in [0.1, 0.15) is 38.7 Å². The number of aryl methyl sites for hydroxylation is 1. The van der Waals surface area contributed by atoms with Gasteiger partial charge in [0.15, 0.2) is 0 Å². The zero-order valence-corrected chi connectivity index (χ0v) is 11.0. The molecule has 1 aromatic rings. The highest BCUT2D eigenvalue weighted by Crippen LogP contribution is 2.28. The summed E-state index contributed by atoms with van der Waals surface area (Å²) in [5, 5.41) is 14.1. The van der Waals surface area contributed by atoms with Crippen LogP contribution < -0.4 is 5.32 Å². The summed E-state index contributed by atoms with van der Waals surface area (Å²) in [6, 6.07) is 2.67. The van der Waals surface area contributed by atoms with Gasteiger partial charge in [0.05, 0.1) is 11.0 Å². The van der Waals surface area contributed by atoms with Gasteiger partial charge in [-0.15, -0.1) is 0 Å². The van der Waals surface area contributed by atoms with Gasteiger partial charge in [0.1, 0.15) is 11.5 Å². The van der Waals surface area contributed by atoms with E-state index in [4.69, 9.17) is 0 Å². The van der Waals surface area contributed by atoms with Gasteiger partial charge in [-0.25, -0.2) is 4.39 Å². The molecule has 4 nitrogen and oxygen atoms in total. The second kappa shape index (κ2) is 6.33. The Morgan fingerprint density at radius 2 is 2.11 bits per heavy atom. The molecule has 0 aliphatic carbocycles. The Balaban J connectivity index is 3.06. The molecule has 0 radical (unpaired) electrons. The highest BCUT2D eigenvalue weighted by molar-refractivity contribution is 5.63. The van der Waals surface area contributed by atoms with Crippen molar-refractivity contribution >= 4 is 11.4 Å². The first-order valence-electron chi connectivity index (χ1n) is 6.20. The molecule has 1 unspecified atom stereocenters.